The van der Waals surface area contributed by atoms with Crippen molar-refractivity contribution < 1.29 is 0 Å². The normalized spacial score (nSPS) is 16.6. The molecule has 1 saturated carbocycles. The summed E-state index contributed by atoms with van der Waals surface area (Å²) in [6, 6.07) is 0. The van der Waals surface area contributed by atoms with E-state index in [2.05, 4.69) is 23.8 Å². The summed E-state index contributed by atoms with van der Waals surface area (Å²) in [5.41, 5.74) is 3.73. The first-order valence-corrected chi connectivity index (χ1v) is 4.50. The van der Waals surface area contributed by atoms with Gasteiger partial charge in [-0.3, -0.25) is 0 Å². The van der Waals surface area contributed by atoms with Crippen molar-refractivity contribution in [1.82, 2.24) is 9.97 Å². The summed E-state index contributed by atoms with van der Waals surface area (Å²) < 4.78 is 0. The molecule has 0 bridgehead atoms. The molecule has 0 radical (unpaired) electrons. The lowest BCUT2D eigenvalue weighted by Gasteiger charge is -2.06. The van der Waals surface area contributed by atoms with Crippen molar-refractivity contribution in [3.63, 3.8) is 0 Å². The van der Waals surface area contributed by atoms with Crippen LogP contribution >= 0.6 is 0 Å². The summed E-state index contributed by atoms with van der Waals surface area (Å²) in [4.78, 5) is 8.82. The van der Waals surface area contributed by atoms with Crippen molar-refractivity contribution in [1.29, 1.82) is 0 Å². The highest BCUT2D eigenvalue weighted by atomic mass is 14.9. The van der Waals surface area contributed by atoms with Gasteiger partial charge in [0.05, 0.1) is 5.69 Å². The lowest BCUT2D eigenvalue weighted by molar-refractivity contribution is 0.893. The number of nitrogens with zero attached hydrogens (tertiary/aromatic N) is 2. The first-order chi connectivity index (χ1) is 5.68. The summed E-state index contributed by atoms with van der Waals surface area (Å²) in [6.45, 7) is 6.16. The Hall–Kier alpha value is -0.920. The van der Waals surface area contributed by atoms with Crippen LogP contribution in [0.3, 0.4) is 0 Å². The zero-order valence-electron chi connectivity index (χ0n) is 7.89. The van der Waals surface area contributed by atoms with Crippen LogP contribution in [0.4, 0.5) is 0 Å². The molecule has 0 amide bonds. The van der Waals surface area contributed by atoms with E-state index in [0.717, 1.165) is 17.4 Å². The summed E-state index contributed by atoms with van der Waals surface area (Å²) in [7, 11) is 0. The fourth-order valence-corrected chi connectivity index (χ4v) is 1.55. The van der Waals surface area contributed by atoms with Gasteiger partial charge >= 0.3 is 0 Å². The predicted molar refractivity (Wildman–Crippen MR) is 48.2 cm³/mol. The molecule has 2 heteroatoms. The first kappa shape index (κ1) is 7.71. The molecule has 2 rings (SSSR count). The van der Waals surface area contributed by atoms with Crippen LogP contribution in [0.25, 0.3) is 0 Å². The van der Waals surface area contributed by atoms with E-state index in [1.807, 2.05) is 6.92 Å². The summed E-state index contributed by atoms with van der Waals surface area (Å²) in [5.74, 6) is 1.66. The highest BCUT2D eigenvalue weighted by Gasteiger charge is 2.27. The quantitative estimate of drug-likeness (QED) is 0.633. The SMILES string of the molecule is Cc1nc(C)c(C)c(C2CC2)n1. The Kier molecular flexibility index (Phi) is 1.63. The Bertz CT molecular complexity index is 314. The number of hydrogen-bond donors (Lipinski definition) is 0. The van der Waals surface area contributed by atoms with Crippen molar-refractivity contribution >= 4 is 0 Å². The molecule has 2 nitrogen and oxygen atoms in total. The number of aromatic nitrogens is 2. The van der Waals surface area contributed by atoms with E-state index < -0.39 is 0 Å². The van der Waals surface area contributed by atoms with Crippen LogP contribution in [-0.2, 0) is 0 Å². The van der Waals surface area contributed by atoms with Crippen molar-refractivity contribution in [3.8, 4) is 0 Å². The molecule has 1 aliphatic rings. The second kappa shape index (κ2) is 2.54. The third-order valence-corrected chi connectivity index (χ3v) is 2.50. The first-order valence-electron chi connectivity index (χ1n) is 4.50. The van der Waals surface area contributed by atoms with E-state index in [0.29, 0.717) is 0 Å². The Labute approximate surface area is 73.1 Å². The largest absolute Gasteiger partial charge is 0.238 e. The second-order valence-corrected chi connectivity index (χ2v) is 3.64. The van der Waals surface area contributed by atoms with Gasteiger partial charge in [-0.2, -0.15) is 0 Å². The topological polar surface area (TPSA) is 25.8 Å². The zero-order valence-corrected chi connectivity index (χ0v) is 7.89. The van der Waals surface area contributed by atoms with Gasteiger partial charge in [-0.25, -0.2) is 9.97 Å². The van der Waals surface area contributed by atoms with Crippen molar-refractivity contribution in [2.24, 2.45) is 0 Å². The van der Waals surface area contributed by atoms with Gasteiger partial charge in [0.1, 0.15) is 5.82 Å². The number of hydrogen-bond acceptors (Lipinski definition) is 2. The molecule has 0 saturated heterocycles. The fraction of sp³-hybridized carbons (Fsp3) is 0.600. The molecule has 0 atom stereocenters. The molecule has 0 aliphatic heterocycles. The smallest absolute Gasteiger partial charge is 0.125 e. The average molecular weight is 162 g/mol. The minimum Gasteiger partial charge on any atom is -0.238 e. The van der Waals surface area contributed by atoms with Gasteiger partial charge in [0, 0.05) is 11.6 Å². The van der Waals surface area contributed by atoms with Gasteiger partial charge in [0.25, 0.3) is 0 Å². The minimum atomic E-state index is 0.741. The van der Waals surface area contributed by atoms with Crippen LogP contribution < -0.4 is 0 Å². The van der Waals surface area contributed by atoms with E-state index in [1.165, 1.54) is 24.1 Å². The van der Waals surface area contributed by atoms with Crippen LogP contribution in [0.1, 0.15) is 41.5 Å². The van der Waals surface area contributed by atoms with Gasteiger partial charge < -0.3 is 0 Å². The number of aryl methyl sites for hydroxylation is 2. The predicted octanol–water partition coefficient (Wildman–Crippen LogP) is 2.28. The monoisotopic (exact) mass is 162 g/mol. The third kappa shape index (κ3) is 1.22. The molecule has 0 unspecified atom stereocenters. The molecular weight excluding hydrogens is 148 g/mol. The van der Waals surface area contributed by atoms with Gasteiger partial charge in [0.2, 0.25) is 0 Å². The molecule has 1 aromatic rings. The average Bonchev–Trinajstić information content (AvgIpc) is 2.79. The molecule has 64 valence electrons. The molecular formula is C10H14N2. The summed E-state index contributed by atoms with van der Waals surface area (Å²) >= 11 is 0. The molecule has 0 spiro atoms. The van der Waals surface area contributed by atoms with Crippen LogP contribution in [0.2, 0.25) is 0 Å². The Morgan fingerprint density at radius 3 is 2.33 bits per heavy atom. The second-order valence-electron chi connectivity index (χ2n) is 3.64. The Morgan fingerprint density at radius 2 is 1.75 bits per heavy atom. The van der Waals surface area contributed by atoms with Crippen LogP contribution in [-0.4, -0.2) is 9.97 Å². The highest BCUT2D eigenvalue weighted by Crippen LogP contribution is 2.40. The van der Waals surface area contributed by atoms with Crippen LogP contribution in [0.15, 0.2) is 0 Å². The van der Waals surface area contributed by atoms with Crippen molar-refractivity contribution in [2.45, 2.75) is 39.5 Å². The van der Waals surface area contributed by atoms with Gasteiger partial charge in [-0.15, -0.1) is 0 Å². The maximum absolute atomic E-state index is 4.48. The van der Waals surface area contributed by atoms with E-state index in [9.17, 15) is 0 Å². The molecule has 1 fully saturated rings. The molecule has 12 heavy (non-hydrogen) atoms. The summed E-state index contributed by atoms with van der Waals surface area (Å²) in [6.07, 6.45) is 2.63. The summed E-state index contributed by atoms with van der Waals surface area (Å²) in [5, 5.41) is 0. The molecule has 1 aliphatic carbocycles. The minimum absolute atomic E-state index is 0.741. The molecule has 1 heterocycles. The maximum atomic E-state index is 4.48. The highest BCUT2D eigenvalue weighted by molar-refractivity contribution is 5.28. The lowest BCUT2D eigenvalue weighted by Crippen LogP contribution is -2.00. The van der Waals surface area contributed by atoms with E-state index in [-0.39, 0.29) is 0 Å². The fourth-order valence-electron chi connectivity index (χ4n) is 1.55. The van der Waals surface area contributed by atoms with Gasteiger partial charge in [0.15, 0.2) is 0 Å². The zero-order chi connectivity index (χ0) is 8.72. The molecule has 0 N–H and O–H groups in total. The maximum Gasteiger partial charge on any atom is 0.125 e. The van der Waals surface area contributed by atoms with Gasteiger partial charge in [-0.05, 0) is 39.2 Å². The van der Waals surface area contributed by atoms with E-state index in [1.54, 1.807) is 0 Å². The third-order valence-electron chi connectivity index (χ3n) is 2.50. The standard InChI is InChI=1S/C10H14N2/c1-6-7(2)11-8(3)12-10(6)9-4-5-9/h9H,4-5H2,1-3H3. The Balaban J connectivity index is 2.51. The molecule has 1 aromatic heterocycles. The number of rotatable bonds is 1. The van der Waals surface area contributed by atoms with E-state index in [4.69, 9.17) is 0 Å². The van der Waals surface area contributed by atoms with Crippen LogP contribution in [0, 0.1) is 20.8 Å². The van der Waals surface area contributed by atoms with Crippen LogP contribution in [0.5, 0.6) is 0 Å². The Morgan fingerprint density at radius 1 is 1.08 bits per heavy atom. The lowest BCUT2D eigenvalue weighted by atomic mass is 10.1. The van der Waals surface area contributed by atoms with Crippen molar-refractivity contribution in [2.75, 3.05) is 0 Å². The molecule has 0 aromatic carbocycles. The van der Waals surface area contributed by atoms with E-state index >= 15 is 0 Å². The van der Waals surface area contributed by atoms with Gasteiger partial charge in [-0.1, -0.05) is 0 Å². The van der Waals surface area contributed by atoms with Crippen molar-refractivity contribution in [3.05, 3.63) is 22.8 Å².